The van der Waals surface area contributed by atoms with E-state index in [0.717, 1.165) is 25.9 Å². The summed E-state index contributed by atoms with van der Waals surface area (Å²) in [5.74, 6) is -0.227. The second-order valence-electron chi connectivity index (χ2n) is 4.97. The van der Waals surface area contributed by atoms with Gasteiger partial charge in [-0.25, -0.2) is 4.39 Å². The third kappa shape index (κ3) is 3.85. The quantitative estimate of drug-likeness (QED) is 0.826. The summed E-state index contributed by atoms with van der Waals surface area (Å²) >= 11 is 3.12. The third-order valence-electron chi connectivity index (χ3n) is 3.46. The zero-order valence-corrected chi connectivity index (χ0v) is 12.9. The molecule has 0 atom stereocenters. The molecule has 1 amide bonds. The van der Waals surface area contributed by atoms with Crippen LogP contribution in [0.25, 0.3) is 0 Å². The number of nitrogen functional groups attached to an aromatic ring is 1. The van der Waals surface area contributed by atoms with E-state index in [1.807, 2.05) is 4.90 Å². The molecule has 0 spiro atoms. The minimum atomic E-state index is -0.391. The number of amides is 1. The number of carbonyl (C=O) groups excluding carboxylic acids is 1. The largest absolute Gasteiger partial charge is 0.397 e. The highest BCUT2D eigenvalue weighted by molar-refractivity contribution is 9.10. The molecule has 1 aliphatic heterocycles. The number of carbonyl (C=O) groups is 1. The summed E-state index contributed by atoms with van der Waals surface area (Å²) < 4.78 is 13.6. The lowest BCUT2D eigenvalue weighted by molar-refractivity contribution is -0.131. The van der Waals surface area contributed by atoms with Gasteiger partial charge in [-0.15, -0.1) is 0 Å². The number of hydrogen-bond acceptors (Lipinski definition) is 3. The summed E-state index contributed by atoms with van der Waals surface area (Å²) in [6, 6.07) is 2.86. The van der Waals surface area contributed by atoms with Crippen molar-refractivity contribution in [2.45, 2.75) is 25.7 Å². The van der Waals surface area contributed by atoms with E-state index in [9.17, 15) is 9.18 Å². The topological polar surface area (TPSA) is 58.4 Å². The lowest BCUT2D eigenvalue weighted by Crippen LogP contribution is -2.36. The second kappa shape index (κ2) is 6.92. The fourth-order valence-corrected chi connectivity index (χ4v) is 2.66. The number of halogens is 2. The number of nitrogens with one attached hydrogen (secondary N) is 1. The molecule has 0 bridgehead atoms. The highest BCUT2D eigenvalue weighted by atomic mass is 79.9. The Balaban J connectivity index is 1.83. The number of benzene rings is 1. The van der Waals surface area contributed by atoms with Gasteiger partial charge in [0.25, 0.3) is 0 Å². The maximum atomic E-state index is 13.2. The van der Waals surface area contributed by atoms with Crippen molar-refractivity contribution in [1.82, 2.24) is 4.90 Å². The molecule has 0 aromatic heterocycles. The molecule has 3 N–H and O–H groups in total. The molecule has 1 aliphatic rings. The molecule has 1 heterocycles. The van der Waals surface area contributed by atoms with E-state index in [1.54, 1.807) is 6.07 Å². The SMILES string of the molecule is Nc1cc(F)c(Br)cc1NCCC(=O)N1CCCCC1. The van der Waals surface area contributed by atoms with E-state index in [1.165, 1.54) is 12.5 Å². The summed E-state index contributed by atoms with van der Waals surface area (Å²) in [7, 11) is 0. The summed E-state index contributed by atoms with van der Waals surface area (Å²) in [6.45, 7) is 2.23. The van der Waals surface area contributed by atoms with Gasteiger partial charge < -0.3 is 16.0 Å². The third-order valence-corrected chi connectivity index (χ3v) is 4.06. The zero-order chi connectivity index (χ0) is 14.5. The van der Waals surface area contributed by atoms with Crippen LogP contribution in [0.3, 0.4) is 0 Å². The van der Waals surface area contributed by atoms with Crippen LogP contribution in [0, 0.1) is 5.82 Å². The summed E-state index contributed by atoms with van der Waals surface area (Å²) in [4.78, 5) is 13.9. The number of piperidine rings is 1. The average molecular weight is 344 g/mol. The van der Waals surface area contributed by atoms with Crippen molar-refractivity contribution in [3.8, 4) is 0 Å². The molecule has 6 heteroatoms. The zero-order valence-electron chi connectivity index (χ0n) is 11.3. The molecule has 20 heavy (non-hydrogen) atoms. The van der Waals surface area contributed by atoms with E-state index >= 15 is 0 Å². The molecule has 1 aromatic rings. The average Bonchev–Trinajstić information content (AvgIpc) is 2.45. The van der Waals surface area contributed by atoms with Gasteiger partial charge in [-0.3, -0.25) is 4.79 Å². The van der Waals surface area contributed by atoms with Crippen LogP contribution in [0.2, 0.25) is 0 Å². The number of hydrogen-bond donors (Lipinski definition) is 2. The van der Waals surface area contributed by atoms with Crippen LogP contribution in [0.1, 0.15) is 25.7 Å². The number of anilines is 2. The lowest BCUT2D eigenvalue weighted by Gasteiger charge is -2.26. The molecular weight excluding hydrogens is 325 g/mol. The summed E-state index contributed by atoms with van der Waals surface area (Å²) in [5, 5.41) is 3.08. The van der Waals surface area contributed by atoms with Crippen molar-refractivity contribution >= 4 is 33.2 Å². The fourth-order valence-electron chi connectivity index (χ4n) is 2.32. The second-order valence-corrected chi connectivity index (χ2v) is 5.83. The van der Waals surface area contributed by atoms with Crippen LogP contribution < -0.4 is 11.1 Å². The van der Waals surface area contributed by atoms with Gasteiger partial charge in [-0.05, 0) is 41.3 Å². The van der Waals surface area contributed by atoms with Crippen LogP contribution in [-0.4, -0.2) is 30.4 Å². The summed E-state index contributed by atoms with van der Waals surface area (Å²) in [5.41, 5.74) is 6.72. The Kier molecular flexibility index (Phi) is 5.23. The van der Waals surface area contributed by atoms with Gasteiger partial charge in [0.1, 0.15) is 5.82 Å². The molecule has 110 valence electrons. The Morgan fingerprint density at radius 3 is 2.75 bits per heavy atom. The predicted molar refractivity (Wildman–Crippen MR) is 82.1 cm³/mol. The highest BCUT2D eigenvalue weighted by Crippen LogP contribution is 2.26. The molecule has 1 saturated heterocycles. The van der Waals surface area contributed by atoms with Crippen molar-refractivity contribution in [2.24, 2.45) is 0 Å². The molecule has 0 unspecified atom stereocenters. The maximum absolute atomic E-state index is 13.2. The van der Waals surface area contributed by atoms with Gasteiger partial charge in [-0.2, -0.15) is 0 Å². The predicted octanol–water partition coefficient (Wildman–Crippen LogP) is 2.98. The maximum Gasteiger partial charge on any atom is 0.224 e. The first-order valence-corrected chi connectivity index (χ1v) is 7.63. The number of likely N-dealkylation sites (tertiary alicyclic amines) is 1. The van der Waals surface area contributed by atoms with Crippen LogP contribution in [0.4, 0.5) is 15.8 Å². The van der Waals surface area contributed by atoms with Gasteiger partial charge in [0.2, 0.25) is 5.91 Å². The first-order chi connectivity index (χ1) is 9.58. The van der Waals surface area contributed by atoms with Crippen molar-refractivity contribution in [3.05, 3.63) is 22.4 Å². The van der Waals surface area contributed by atoms with Crippen molar-refractivity contribution in [2.75, 3.05) is 30.7 Å². The molecule has 4 nitrogen and oxygen atoms in total. The first-order valence-electron chi connectivity index (χ1n) is 6.84. The molecule has 1 fully saturated rings. The van der Waals surface area contributed by atoms with Gasteiger partial charge in [0.15, 0.2) is 0 Å². The van der Waals surface area contributed by atoms with Gasteiger partial charge in [-0.1, -0.05) is 0 Å². The minimum Gasteiger partial charge on any atom is -0.397 e. The van der Waals surface area contributed by atoms with E-state index in [-0.39, 0.29) is 5.91 Å². The molecule has 0 aliphatic carbocycles. The Hall–Kier alpha value is -1.30. The fraction of sp³-hybridized carbons (Fsp3) is 0.500. The van der Waals surface area contributed by atoms with Crippen LogP contribution in [0.5, 0.6) is 0 Å². The van der Waals surface area contributed by atoms with Gasteiger partial charge in [0.05, 0.1) is 15.8 Å². The first kappa shape index (κ1) is 15.1. The smallest absolute Gasteiger partial charge is 0.224 e. The monoisotopic (exact) mass is 343 g/mol. The number of rotatable bonds is 4. The molecule has 1 aromatic carbocycles. The number of nitrogens with two attached hydrogens (primary N) is 1. The van der Waals surface area contributed by atoms with E-state index in [2.05, 4.69) is 21.2 Å². The molecule has 2 rings (SSSR count). The Morgan fingerprint density at radius 1 is 1.35 bits per heavy atom. The Bertz CT molecular complexity index is 490. The standard InChI is InChI=1S/C14H19BrFN3O/c15-10-8-13(12(17)9-11(10)16)18-5-4-14(20)19-6-2-1-3-7-19/h8-9,18H,1-7,17H2. The Labute approximate surface area is 126 Å². The highest BCUT2D eigenvalue weighted by Gasteiger charge is 2.15. The molecular formula is C14H19BrFN3O. The van der Waals surface area contributed by atoms with Gasteiger partial charge in [0, 0.05) is 32.1 Å². The van der Waals surface area contributed by atoms with Gasteiger partial charge >= 0.3 is 0 Å². The van der Waals surface area contributed by atoms with Crippen molar-refractivity contribution in [3.63, 3.8) is 0 Å². The molecule has 0 saturated carbocycles. The van der Waals surface area contributed by atoms with E-state index in [0.29, 0.717) is 28.8 Å². The van der Waals surface area contributed by atoms with E-state index < -0.39 is 5.82 Å². The minimum absolute atomic E-state index is 0.164. The van der Waals surface area contributed by atoms with Crippen LogP contribution in [-0.2, 0) is 4.79 Å². The van der Waals surface area contributed by atoms with Crippen molar-refractivity contribution < 1.29 is 9.18 Å². The normalized spacial score (nSPS) is 15.2. The van der Waals surface area contributed by atoms with Crippen molar-refractivity contribution in [1.29, 1.82) is 0 Å². The lowest BCUT2D eigenvalue weighted by atomic mass is 10.1. The van der Waals surface area contributed by atoms with E-state index in [4.69, 9.17) is 5.73 Å². The van der Waals surface area contributed by atoms with Crippen LogP contribution >= 0.6 is 15.9 Å². The number of nitrogens with zero attached hydrogens (tertiary/aromatic N) is 1. The summed E-state index contributed by atoms with van der Waals surface area (Å²) in [6.07, 6.45) is 3.82. The Morgan fingerprint density at radius 2 is 2.05 bits per heavy atom. The van der Waals surface area contributed by atoms with Crippen LogP contribution in [0.15, 0.2) is 16.6 Å². The molecule has 0 radical (unpaired) electrons.